The third-order valence-corrected chi connectivity index (χ3v) is 3.03. The predicted octanol–water partition coefficient (Wildman–Crippen LogP) is 0.688. The molecule has 64 valence electrons. The van der Waals surface area contributed by atoms with Gasteiger partial charge in [0.15, 0.2) is 0 Å². The van der Waals surface area contributed by atoms with Crippen molar-refractivity contribution in [2.24, 2.45) is 5.92 Å². The molecule has 2 rings (SSSR count). The molecular formula is C9H18N2. The van der Waals surface area contributed by atoms with E-state index in [-0.39, 0.29) is 0 Å². The minimum Gasteiger partial charge on any atom is -0.312 e. The van der Waals surface area contributed by atoms with Crippen molar-refractivity contribution in [3.05, 3.63) is 0 Å². The van der Waals surface area contributed by atoms with Crippen LogP contribution in [0.4, 0.5) is 0 Å². The quantitative estimate of drug-likeness (QED) is 0.552. The Balaban J connectivity index is 1.98. The number of hydrogen-bond donors (Lipinski definition) is 1. The van der Waals surface area contributed by atoms with E-state index < -0.39 is 0 Å². The molecular weight excluding hydrogens is 136 g/mol. The van der Waals surface area contributed by atoms with Crippen LogP contribution in [0.3, 0.4) is 0 Å². The van der Waals surface area contributed by atoms with Gasteiger partial charge in [-0.3, -0.25) is 4.90 Å². The van der Waals surface area contributed by atoms with Gasteiger partial charge in [0.25, 0.3) is 0 Å². The molecule has 0 amide bonds. The third kappa shape index (κ3) is 1.18. The molecule has 0 spiro atoms. The number of nitrogens with zero attached hydrogens (tertiary/aromatic N) is 1. The first-order chi connectivity index (χ1) is 5.07. The van der Waals surface area contributed by atoms with Gasteiger partial charge >= 0.3 is 0 Å². The first-order valence-corrected chi connectivity index (χ1v) is 4.56. The van der Waals surface area contributed by atoms with E-state index in [1.807, 2.05) is 0 Å². The highest BCUT2D eigenvalue weighted by molar-refractivity contribution is 5.00. The summed E-state index contributed by atoms with van der Waals surface area (Å²) in [4.78, 5) is 2.59. The van der Waals surface area contributed by atoms with Crippen LogP contribution in [0, 0.1) is 5.92 Å². The summed E-state index contributed by atoms with van der Waals surface area (Å²) in [7, 11) is 0. The van der Waals surface area contributed by atoms with Gasteiger partial charge < -0.3 is 5.32 Å². The van der Waals surface area contributed by atoms with Crippen LogP contribution < -0.4 is 5.32 Å². The molecule has 0 aliphatic carbocycles. The van der Waals surface area contributed by atoms with Gasteiger partial charge in [-0.05, 0) is 20.8 Å². The van der Waals surface area contributed by atoms with Gasteiger partial charge in [-0.1, -0.05) is 0 Å². The Morgan fingerprint density at radius 1 is 1.27 bits per heavy atom. The van der Waals surface area contributed by atoms with Crippen molar-refractivity contribution in [3.8, 4) is 0 Å². The van der Waals surface area contributed by atoms with E-state index in [4.69, 9.17) is 0 Å². The topological polar surface area (TPSA) is 15.3 Å². The Morgan fingerprint density at radius 3 is 2.27 bits per heavy atom. The fourth-order valence-electron chi connectivity index (χ4n) is 2.00. The summed E-state index contributed by atoms with van der Waals surface area (Å²) >= 11 is 0. The summed E-state index contributed by atoms with van der Waals surface area (Å²) in [6.45, 7) is 10.7. The molecule has 0 saturated carbocycles. The first kappa shape index (κ1) is 7.56. The Morgan fingerprint density at radius 2 is 2.00 bits per heavy atom. The fourth-order valence-corrected chi connectivity index (χ4v) is 2.00. The van der Waals surface area contributed by atoms with E-state index in [0.29, 0.717) is 5.54 Å². The molecule has 0 aromatic carbocycles. The largest absolute Gasteiger partial charge is 0.312 e. The molecule has 1 N–H and O–H groups in total. The Bertz CT molecular complexity index is 147. The van der Waals surface area contributed by atoms with Crippen LogP contribution in [0.1, 0.15) is 20.8 Å². The lowest BCUT2D eigenvalue weighted by Crippen LogP contribution is -2.51. The standard InChI is InChI=1S/C9H18N2/c1-9(2,3)11-5-7-4-10-8(7)6-11/h7-8,10H,4-6H2,1-3H3. The van der Waals surface area contributed by atoms with E-state index >= 15 is 0 Å². The maximum absolute atomic E-state index is 3.47. The number of likely N-dealkylation sites (tertiary alicyclic amines) is 1. The maximum atomic E-state index is 3.47. The highest BCUT2D eigenvalue weighted by Crippen LogP contribution is 2.28. The molecule has 0 aromatic rings. The van der Waals surface area contributed by atoms with Crippen molar-refractivity contribution in [1.29, 1.82) is 0 Å². The summed E-state index contributed by atoms with van der Waals surface area (Å²) < 4.78 is 0. The maximum Gasteiger partial charge on any atom is 0.0247 e. The molecule has 0 bridgehead atoms. The average molecular weight is 154 g/mol. The van der Waals surface area contributed by atoms with Crippen LogP contribution in [0.5, 0.6) is 0 Å². The third-order valence-electron chi connectivity index (χ3n) is 3.03. The van der Waals surface area contributed by atoms with Crippen molar-refractivity contribution < 1.29 is 0 Å². The SMILES string of the molecule is CC(C)(C)N1CC2CNC2C1. The van der Waals surface area contributed by atoms with E-state index in [9.17, 15) is 0 Å². The zero-order chi connectivity index (χ0) is 8.06. The van der Waals surface area contributed by atoms with Gasteiger partial charge in [0.2, 0.25) is 0 Å². The molecule has 2 unspecified atom stereocenters. The van der Waals surface area contributed by atoms with Gasteiger partial charge in [0.05, 0.1) is 0 Å². The Labute approximate surface area is 69.0 Å². The van der Waals surface area contributed by atoms with Gasteiger partial charge in [-0.2, -0.15) is 0 Å². The van der Waals surface area contributed by atoms with Crippen LogP contribution in [-0.2, 0) is 0 Å². The van der Waals surface area contributed by atoms with Gasteiger partial charge in [0, 0.05) is 37.1 Å². The van der Waals surface area contributed by atoms with Gasteiger partial charge in [0.1, 0.15) is 0 Å². The van der Waals surface area contributed by atoms with Crippen LogP contribution in [0.15, 0.2) is 0 Å². The number of nitrogens with one attached hydrogen (secondary N) is 1. The van der Waals surface area contributed by atoms with Crippen LogP contribution >= 0.6 is 0 Å². The normalized spacial score (nSPS) is 38.5. The van der Waals surface area contributed by atoms with E-state index in [2.05, 4.69) is 31.0 Å². The summed E-state index contributed by atoms with van der Waals surface area (Å²) in [6.07, 6.45) is 0. The Hall–Kier alpha value is -0.0800. The Kier molecular flexibility index (Phi) is 1.52. The van der Waals surface area contributed by atoms with Crippen LogP contribution in [0.25, 0.3) is 0 Å². The summed E-state index contributed by atoms with van der Waals surface area (Å²) in [5.41, 5.74) is 0.374. The van der Waals surface area contributed by atoms with Crippen molar-refractivity contribution in [2.75, 3.05) is 19.6 Å². The molecule has 0 radical (unpaired) electrons. The molecule has 11 heavy (non-hydrogen) atoms. The minimum absolute atomic E-state index is 0.374. The van der Waals surface area contributed by atoms with Crippen molar-refractivity contribution in [2.45, 2.75) is 32.4 Å². The molecule has 2 atom stereocenters. The summed E-state index contributed by atoms with van der Waals surface area (Å²) in [5.74, 6) is 0.953. The molecule has 2 nitrogen and oxygen atoms in total. The van der Waals surface area contributed by atoms with Gasteiger partial charge in [-0.25, -0.2) is 0 Å². The number of rotatable bonds is 0. The predicted molar refractivity (Wildman–Crippen MR) is 46.6 cm³/mol. The fraction of sp³-hybridized carbons (Fsp3) is 1.00. The molecule has 2 saturated heterocycles. The molecule has 2 aliphatic rings. The molecule has 0 aromatic heterocycles. The highest BCUT2D eigenvalue weighted by atomic mass is 15.3. The molecule has 2 heterocycles. The average Bonchev–Trinajstić information content (AvgIpc) is 2.06. The van der Waals surface area contributed by atoms with Crippen molar-refractivity contribution >= 4 is 0 Å². The van der Waals surface area contributed by atoms with Crippen molar-refractivity contribution in [3.63, 3.8) is 0 Å². The highest BCUT2D eigenvalue weighted by Gasteiger charge is 2.42. The van der Waals surface area contributed by atoms with Gasteiger partial charge in [-0.15, -0.1) is 0 Å². The molecule has 2 fully saturated rings. The smallest absolute Gasteiger partial charge is 0.0247 e. The van der Waals surface area contributed by atoms with E-state index in [1.165, 1.54) is 19.6 Å². The second kappa shape index (κ2) is 2.20. The van der Waals surface area contributed by atoms with E-state index in [1.54, 1.807) is 0 Å². The molecule has 2 heteroatoms. The minimum atomic E-state index is 0.374. The number of fused-ring (bicyclic) bond motifs is 1. The lowest BCUT2D eigenvalue weighted by Gasteiger charge is -2.31. The first-order valence-electron chi connectivity index (χ1n) is 4.56. The zero-order valence-corrected chi connectivity index (χ0v) is 7.72. The summed E-state index contributed by atoms with van der Waals surface area (Å²) in [6, 6.07) is 0.814. The van der Waals surface area contributed by atoms with Crippen LogP contribution in [0.2, 0.25) is 0 Å². The van der Waals surface area contributed by atoms with Crippen molar-refractivity contribution in [1.82, 2.24) is 10.2 Å². The van der Waals surface area contributed by atoms with E-state index in [0.717, 1.165) is 12.0 Å². The lowest BCUT2D eigenvalue weighted by molar-refractivity contribution is 0.171. The second-order valence-corrected chi connectivity index (χ2v) is 4.85. The number of hydrogen-bond acceptors (Lipinski definition) is 2. The summed E-state index contributed by atoms with van der Waals surface area (Å²) in [5, 5.41) is 3.47. The second-order valence-electron chi connectivity index (χ2n) is 4.85. The lowest BCUT2D eigenvalue weighted by atomic mass is 9.96. The monoisotopic (exact) mass is 154 g/mol. The molecule has 2 aliphatic heterocycles. The zero-order valence-electron chi connectivity index (χ0n) is 7.72. The van der Waals surface area contributed by atoms with Crippen LogP contribution in [-0.4, -0.2) is 36.1 Å².